The summed E-state index contributed by atoms with van der Waals surface area (Å²) in [5.41, 5.74) is 9.56. The molecule has 0 aliphatic carbocycles. The molecule has 0 unspecified atom stereocenters. The summed E-state index contributed by atoms with van der Waals surface area (Å²) in [5.74, 6) is 1.97. The van der Waals surface area contributed by atoms with Crippen LogP contribution in [0, 0.1) is 18.8 Å². The second kappa shape index (κ2) is 14.9. The van der Waals surface area contributed by atoms with Crippen molar-refractivity contribution in [2.75, 3.05) is 14.7 Å². The van der Waals surface area contributed by atoms with Gasteiger partial charge in [0, 0.05) is 67.1 Å². The number of pyridine rings is 1. The van der Waals surface area contributed by atoms with Crippen LogP contribution in [0.25, 0.3) is 11.1 Å². The van der Waals surface area contributed by atoms with E-state index in [9.17, 15) is 0 Å². The fourth-order valence-corrected chi connectivity index (χ4v) is 6.39. The van der Waals surface area contributed by atoms with E-state index < -0.39 is 0 Å². The zero-order valence-corrected chi connectivity index (χ0v) is 31.5. The van der Waals surface area contributed by atoms with Gasteiger partial charge in [0.1, 0.15) is 5.82 Å². The van der Waals surface area contributed by atoms with Crippen molar-refractivity contribution >= 4 is 39.9 Å². The van der Waals surface area contributed by atoms with Gasteiger partial charge in [-0.25, -0.2) is 4.98 Å². The fourth-order valence-electron chi connectivity index (χ4n) is 6.39. The zero-order chi connectivity index (χ0) is 34.8. The predicted molar refractivity (Wildman–Crippen MR) is 209 cm³/mol. The number of para-hydroxylation sites is 3. The number of hydrogen-bond donors (Lipinski definition) is 0. The van der Waals surface area contributed by atoms with Crippen LogP contribution in [0.3, 0.4) is 0 Å². The first-order valence-electron chi connectivity index (χ1n) is 17.1. The maximum atomic E-state index is 6.46. The van der Waals surface area contributed by atoms with E-state index in [0.717, 1.165) is 39.9 Å². The van der Waals surface area contributed by atoms with E-state index in [1.165, 1.54) is 16.7 Å². The molecule has 8 rings (SSSR count). The van der Waals surface area contributed by atoms with Crippen LogP contribution in [-0.2, 0) is 26.5 Å². The average Bonchev–Trinajstić information content (AvgIpc) is 3.56. The molecule has 0 bridgehead atoms. The van der Waals surface area contributed by atoms with Gasteiger partial charge in [-0.05, 0) is 59.0 Å². The van der Waals surface area contributed by atoms with E-state index in [4.69, 9.17) is 4.74 Å². The van der Waals surface area contributed by atoms with E-state index in [0.29, 0.717) is 11.5 Å². The van der Waals surface area contributed by atoms with Crippen LogP contribution in [-0.4, -0.2) is 4.98 Å². The summed E-state index contributed by atoms with van der Waals surface area (Å²) < 4.78 is 6.46. The van der Waals surface area contributed by atoms with Crippen LogP contribution in [0.2, 0.25) is 0 Å². The summed E-state index contributed by atoms with van der Waals surface area (Å²) in [7, 11) is 0. The Morgan fingerprint density at radius 3 is 1.98 bits per heavy atom. The summed E-state index contributed by atoms with van der Waals surface area (Å²) in [5, 5.41) is 0. The minimum absolute atomic E-state index is 0. The minimum Gasteiger partial charge on any atom is -0.509 e. The largest absolute Gasteiger partial charge is 0.509 e. The second-order valence-corrected chi connectivity index (χ2v) is 13.5. The third-order valence-corrected chi connectivity index (χ3v) is 8.96. The van der Waals surface area contributed by atoms with Gasteiger partial charge in [-0.1, -0.05) is 105 Å². The number of rotatable bonds is 8. The standard InChI is InChI=1S/C46H37N4O.Pt/c1-46(2,3)35-27-28-41(34-16-6-4-7-17-34)44(30-35)49-33-48(42-24-10-11-25-43(42)49)37-20-14-22-39(31-37)51-40-23-15-21-38(32-40)50(36-18-8-5-9-19-36)45-26-12-13-29-47-45;/h4-30,33H,1-3H3;/q-3;. The average molecular weight is 857 g/mol. The number of fused-ring (bicyclic) bond motifs is 1. The Kier molecular flexibility index (Phi) is 9.98. The van der Waals surface area contributed by atoms with Crippen molar-refractivity contribution in [3.63, 3.8) is 0 Å². The summed E-state index contributed by atoms with van der Waals surface area (Å²) in [6.45, 7) is 8.93. The van der Waals surface area contributed by atoms with Gasteiger partial charge in [0.2, 0.25) is 0 Å². The van der Waals surface area contributed by atoms with Crippen molar-refractivity contribution in [3.05, 3.63) is 188 Å². The van der Waals surface area contributed by atoms with Gasteiger partial charge < -0.3 is 19.4 Å². The SMILES string of the molecule is CC(C)(C)c1ccc(-c2ccccc2)c(N2[CH-]N(c3[c-]c(Oc4[c-]c(N(c5ccccc5)c5ccccn5)ccc4)ccc3)c3ccccc32)c1.[Pt]. The molecule has 1 aromatic heterocycles. The molecule has 0 saturated heterocycles. The van der Waals surface area contributed by atoms with Crippen LogP contribution in [0.5, 0.6) is 11.5 Å². The van der Waals surface area contributed by atoms with Crippen molar-refractivity contribution < 1.29 is 25.8 Å². The van der Waals surface area contributed by atoms with Gasteiger partial charge in [0.25, 0.3) is 0 Å². The quantitative estimate of drug-likeness (QED) is 0.142. The molecule has 1 aliphatic rings. The molecule has 0 N–H and O–H groups in total. The molecule has 0 radical (unpaired) electrons. The number of hydrogen-bond acceptors (Lipinski definition) is 5. The molecule has 6 heteroatoms. The van der Waals surface area contributed by atoms with E-state index >= 15 is 0 Å². The third-order valence-electron chi connectivity index (χ3n) is 8.96. The summed E-state index contributed by atoms with van der Waals surface area (Å²) in [6.07, 6.45) is 1.80. The minimum atomic E-state index is -0.00754. The Hall–Kier alpha value is -5.64. The van der Waals surface area contributed by atoms with Gasteiger partial charge in [-0.3, -0.25) is 0 Å². The van der Waals surface area contributed by atoms with Crippen molar-refractivity contribution in [1.82, 2.24) is 4.98 Å². The molecule has 1 aliphatic heterocycles. The summed E-state index contributed by atoms with van der Waals surface area (Å²) >= 11 is 0. The number of anilines is 7. The Morgan fingerprint density at radius 2 is 1.27 bits per heavy atom. The monoisotopic (exact) mass is 856 g/mol. The van der Waals surface area contributed by atoms with Crippen molar-refractivity contribution in [3.8, 4) is 22.6 Å². The molecule has 2 heterocycles. The van der Waals surface area contributed by atoms with Crippen molar-refractivity contribution in [2.24, 2.45) is 0 Å². The van der Waals surface area contributed by atoms with E-state index in [1.807, 2.05) is 66.7 Å². The smallest absolute Gasteiger partial charge is 0.135 e. The van der Waals surface area contributed by atoms with Crippen LogP contribution < -0.4 is 19.4 Å². The molecular formula is C46H37N4OPt-3. The number of benzene rings is 6. The molecule has 260 valence electrons. The predicted octanol–water partition coefficient (Wildman–Crippen LogP) is 12.3. The molecule has 6 aromatic carbocycles. The van der Waals surface area contributed by atoms with Gasteiger partial charge in [-0.15, -0.1) is 48.8 Å². The summed E-state index contributed by atoms with van der Waals surface area (Å²) in [6, 6.07) is 60.9. The number of aromatic nitrogens is 1. The second-order valence-electron chi connectivity index (χ2n) is 13.5. The molecule has 0 atom stereocenters. The molecule has 7 aromatic rings. The molecule has 52 heavy (non-hydrogen) atoms. The molecule has 0 spiro atoms. The zero-order valence-electron chi connectivity index (χ0n) is 29.2. The molecule has 0 amide bonds. The van der Waals surface area contributed by atoms with Gasteiger partial charge in [-0.2, -0.15) is 12.1 Å². The third kappa shape index (κ3) is 7.10. The van der Waals surface area contributed by atoms with Crippen LogP contribution in [0.4, 0.5) is 39.9 Å². The van der Waals surface area contributed by atoms with Crippen molar-refractivity contribution in [2.45, 2.75) is 26.2 Å². The molecular weight excluding hydrogens is 820 g/mol. The Balaban J connectivity index is 0.00000420. The van der Waals surface area contributed by atoms with Gasteiger partial charge >= 0.3 is 0 Å². The van der Waals surface area contributed by atoms with Crippen LogP contribution >= 0.6 is 0 Å². The fraction of sp³-hybridized carbons (Fsp3) is 0.0870. The Bertz CT molecular complexity index is 2230. The molecule has 5 nitrogen and oxygen atoms in total. The van der Waals surface area contributed by atoms with E-state index in [2.05, 4.69) is 150 Å². The Labute approximate surface area is 321 Å². The normalized spacial score (nSPS) is 12.2. The van der Waals surface area contributed by atoms with E-state index in [1.54, 1.807) is 6.20 Å². The topological polar surface area (TPSA) is 31.8 Å². The Morgan fingerprint density at radius 1 is 0.615 bits per heavy atom. The van der Waals surface area contributed by atoms with Crippen LogP contribution in [0.15, 0.2) is 164 Å². The maximum absolute atomic E-state index is 6.46. The van der Waals surface area contributed by atoms with Gasteiger partial charge in [0.05, 0.1) is 0 Å². The van der Waals surface area contributed by atoms with Crippen molar-refractivity contribution in [1.29, 1.82) is 0 Å². The first kappa shape index (κ1) is 34.8. The first-order chi connectivity index (χ1) is 24.9. The number of ether oxygens (including phenoxy) is 1. The maximum Gasteiger partial charge on any atom is 0.135 e. The van der Waals surface area contributed by atoms with Gasteiger partial charge in [0.15, 0.2) is 0 Å². The summed E-state index contributed by atoms with van der Waals surface area (Å²) in [4.78, 5) is 11.2. The molecule has 0 saturated carbocycles. The number of nitrogens with zero attached hydrogens (tertiary/aromatic N) is 4. The van der Waals surface area contributed by atoms with Crippen LogP contribution in [0.1, 0.15) is 26.3 Å². The molecule has 0 fully saturated rings. The first-order valence-corrected chi connectivity index (χ1v) is 17.1. The van der Waals surface area contributed by atoms with E-state index in [-0.39, 0.29) is 26.5 Å².